The summed E-state index contributed by atoms with van der Waals surface area (Å²) in [6.45, 7) is 2.28. The van der Waals surface area contributed by atoms with Gasteiger partial charge in [-0.15, -0.1) is 0 Å². The summed E-state index contributed by atoms with van der Waals surface area (Å²) in [6.07, 6.45) is 5.55. The number of nitrogens with one attached hydrogen (secondary N) is 1. The summed E-state index contributed by atoms with van der Waals surface area (Å²) in [5.41, 5.74) is 3.97. The monoisotopic (exact) mass is 367 g/mol. The number of hydrogen-bond acceptors (Lipinski definition) is 5. The lowest BCUT2D eigenvalue weighted by Gasteiger charge is -2.33. The zero-order valence-electron chi connectivity index (χ0n) is 15.2. The van der Waals surface area contributed by atoms with Crippen molar-refractivity contribution in [3.05, 3.63) is 60.1 Å². The third-order valence-electron chi connectivity index (χ3n) is 4.98. The van der Waals surface area contributed by atoms with Crippen LogP contribution in [0.3, 0.4) is 0 Å². The topological polar surface area (TPSA) is 66.9 Å². The predicted molar refractivity (Wildman–Crippen MR) is 101 cm³/mol. The van der Waals surface area contributed by atoms with Gasteiger partial charge in [0.1, 0.15) is 18.0 Å². The molecule has 27 heavy (non-hydrogen) atoms. The van der Waals surface area contributed by atoms with E-state index >= 15 is 0 Å². The number of ether oxygens (including phenoxy) is 1. The highest BCUT2D eigenvalue weighted by Gasteiger charge is 2.26. The van der Waals surface area contributed by atoms with Gasteiger partial charge in [0, 0.05) is 43.4 Å². The van der Waals surface area contributed by atoms with E-state index in [2.05, 4.69) is 25.1 Å². The lowest BCUT2D eigenvalue weighted by Crippen LogP contribution is -2.35. The van der Waals surface area contributed by atoms with Crippen molar-refractivity contribution in [1.82, 2.24) is 20.2 Å². The summed E-state index contributed by atoms with van der Waals surface area (Å²) < 4.78 is 18.4. The van der Waals surface area contributed by atoms with E-state index in [4.69, 9.17) is 4.74 Å². The predicted octanol–water partition coefficient (Wildman–Crippen LogP) is 3.54. The Labute approximate surface area is 157 Å². The number of hydrogen-bond donors (Lipinski definition) is 1. The second kappa shape index (κ2) is 7.84. The van der Waals surface area contributed by atoms with Crippen LogP contribution < -0.4 is 4.90 Å². The minimum absolute atomic E-state index is 0.233. The number of anilines is 1. The van der Waals surface area contributed by atoms with Gasteiger partial charge in [0.2, 0.25) is 0 Å². The highest BCUT2D eigenvalue weighted by atomic mass is 19.1. The zero-order valence-corrected chi connectivity index (χ0v) is 15.2. The summed E-state index contributed by atoms with van der Waals surface area (Å²) in [4.78, 5) is 11.0. The molecule has 0 unspecified atom stereocenters. The van der Waals surface area contributed by atoms with Crippen LogP contribution in [0.1, 0.15) is 30.1 Å². The van der Waals surface area contributed by atoms with Crippen molar-refractivity contribution in [3.63, 3.8) is 0 Å². The molecule has 1 aromatic carbocycles. The Bertz CT molecular complexity index is 895. The average molecular weight is 367 g/mol. The van der Waals surface area contributed by atoms with Crippen LogP contribution in [-0.2, 0) is 11.3 Å². The average Bonchev–Trinajstić information content (AvgIpc) is 3.19. The van der Waals surface area contributed by atoms with Gasteiger partial charge in [0.25, 0.3) is 0 Å². The summed E-state index contributed by atoms with van der Waals surface area (Å²) in [6, 6.07) is 8.55. The molecule has 0 saturated carbocycles. The molecule has 6 nitrogen and oxygen atoms in total. The minimum atomic E-state index is -0.233. The summed E-state index contributed by atoms with van der Waals surface area (Å²) in [5.74, 6) is 0.995. The zero-order chi connectivity index (χ0) is 18.6. The SMILES string of the molecule is COCc1cc(N2CCC[C@@H](c3[nH]ncc3-c3ccc(F)cc3)C2)ncn1. The number of aromatic amines is 1. The highest BCUT2D eigenvalue weighted by Crippen LogP contribution is 2.34. The maximum atomic E-state index is 13.3. The second-order valence-electron chi connectivity index (χ2n) is 6.79. The van der Waals surface area contributed by atoms with Crippen molar-refractivity contribution in [2.24, 2.45) is 0 Å². The quantitative estimate of drug-likeness (QED) is 0.747. The Kier molecular flexibility index (Phi) is 5.11. The second-order valence-corrected chi connectivity index (χ2v) is 6.79. The summed E-state index contributed by atoms with van der Waals surface area (Å²) in [7, 11) is 1.66. The molecule has 0 bridgehead atoms. The van der Waals surface area contributed by atoms with E-state index in [0.29, 0.717) is 12.5 Å². The van der Waals surface area contributed by atoms with Crippen molar-refractivity contribution in [2.75, 3.05) is 25.1 Å². The maximum absolute atomic E-state index is 13.3. The molecule has 3 aromatic rings. The molecule has 2 aromatic heterocycles. The van der Waals surface area contributed by atoms with Gasteiger partial charge in [-0.05, 0) is 30.5 Å². The Morgan fingerprint density at radius 2 is 2.11 bits per heavy atom. The van der Waals surface area contributed by atoms with E-state index in [9.17, 15) is 4.39 Å². The fourth-order valence-electron chi connectivity index (χ4n) is 3.67. The van der Waals surface area contributed by atoms with E-state index in [1.165, 1.54) is 12.1 Å². The first-order chi connectivity index (χ1) is 13.2. The van der Waals surface area contributed by atoms with Crippen molar-refractivity contribution in [3.8, 4) is 11.1 Å². The number of benzene rings is 1. The van der Waals surface area contributed by atoms with Gasteiger partial charge in [-0.1, -0.05) is 12.1 Å². The molecular formula is C20H22FN5O. The molecule has 7 heteroatoms. The van der Waals surface area contributed by atoms with E-state index in [1.807, 2.05) is 12.3 Å². The first-order valence-electron chi connectivity index (χ1n) is 9.08. The Hall–Kier alpha value is -2.80. The number of methoxy groups -OCH3 is 1. The summed E-state index contributed by atoms with van der Waals surface area (Å²) in [5, 5.41) is 7.42. The molecule has 140 valence electrons. The molecule has 1 N–H and O–H groups in total. The Balaban J connectivity index is 1.57. The van der Waals surface area contributed by atoms with Crippen molar-refractivity contribution >= 4 is 5.82 Å². The molecular weight excluding hydrogens is 345 g/mol. The maximum Gasteiger partial charge on any atom is 0.132 e. The van der Waals surface area contributed by atoms with Gasteiger partial charge < -0.3 is 9.64 Å². The van der Waals surface area contributed by atoms with Crippen LogP contribution in [-0.4, -0.2) is 40.4 Å². The number of aromatic nitrogens is 4. The van der Waals surface area contributed by atoms with E-state index in [-0.39, 0.29) is 5.82 Å². The number of rotatable bonds is 5. The van der Waals surface area contributed by atoms with Crippen LogP contribution >= 0.6 is 0 Å². The third-order valence-corrected chi connectivity index (χ3v) is 4.98. The van der Waals surface area contributed by atoms with Crippen molar-refractivity contribution in [2.45, 2.75) is 25.4 Å². The molecule has 3 heterocycles. The molecule has 1 fully saturated rings. The fourth-order valence-corrected chi connectivity index (χ4v) is 3.67. The van der Waals surface area contributed by atoms with E-state index in [1.54, 1.807) is 25.6 Å². The lowest BCUT2D eigenvalue weighted by atomic mass is 9.90. The minimum Gasteiger partial charge on any atom is -0.378 e. The van der Waals surface area contributed by atoms with Crippen LogP contribution in [0.5, 0.6) is 0 Å². The smallest absolute Gasteiger partial charge is 0.132 e. The number of nitrogens with zero attached hydrogens (tertiary/aromatic N) is 4. The number of halogens is 1. The molecule has 1 aliphatic heterocycles. The number of H-pyrrole nitrogens is 1. The molecule has 0 spiro atoms. The van der Waals surface area contributed by atoms with E-state index < -0.39 is 0 Å². The molecule has 0 radical (unpaired) electrons. The Morgan fingerprint density at radius 1 is 1.26 bits per heavy atom. The normalized spacial score (nSPS) is 17.3. The van der Waals surface area contributed by atoms with Gasteiger partial charge in [0.15, 0.2) is 0 Å². The largest absolute Gasteiger partial charge is 0.378 e. The fraction of sp³-hybridized carbons (Fsp3) is 0.350. The molecule has 0 amide bonds. The van der Waals surface area contributed by atoms with Crippen LogP contribution in [0.25, 0.3) is 11.1 Å². The van der Waals surface area contributed by atoms with Gasteiger partial charge in [0.05, 0.1) is 18.5 Å². The third kappa shape index (κ3) is 3.83. The first kappa shape index (κ1) is 17.6. The van der Waals surface area contributed by atoms with Crippen molar-refractivity contribution in [1.29, 1.82) is 0 Å². The molecule has 1 saturated heterocycles. The molecule has 1 aliphatic rings. The molecule has 0 aliphatic carbocycles. The van der Waals surface area contributed by atoms with Gasteiger partial charge >= 0.3 is 0 Å². The van der Waals surface area contributed by atoms with Crippen LogP contribution in [0.4, 0.5) is 10.2 Å². The van der Waals surface area contributed by atoms with Gasteiger partial charge in [-0.25, -0.2) is 14.4 Å². The van der Waals surface area contributed by atoms with Gasteiger partial charge in [-0.2, -0.15) is 5.10 Å². The standard InChI is InChI=1S/C20H22FN5O/c1-27-12-17-9-19(23-13-22-17)26-8-2-3-15(11-26)20-18(10-24-25-20)14-4-6-16(21)7-5-14/h4-7,9-10,13,15H,2-3,8,11-12H2,1H3,(H,24,25)/t15-/m1/s1. The Morgan fingerprint density at radius 3 is 2.93 bits per heavy atom. The lowest BCUT2D eigenvalue weighted by molar-refractivity contribution is 0.181. The van der Waals surface area contributed by atoms with E-state index in [0.717, 1.165) is 54.3 Å². The van der Waals surface area contributed by atoms with Crippen LogP contribution in [0.2, 0.25) is 0 Å². The van der Waals surface area contributed by atoms with Crippen molar-refractivity contribution < 1.29 is 9.13 Å². The van der Waals surface area contributed by atoms with Crippen LogP contribution in [0, 0.1) is 5.82 Å². The number of piperidine rings is 1. The van der Waals surface area contributed by atoms with Crippen LogP contribution in [0.15, 0.2) is 42.9 Å². The van der Waals surface area contributed by atoms with Gasteiger partial charge in [-0.3, -0.25) is 5.10 Å². The first-order valence-corrected chi connectivity index (χ1v) is 9.08. The molecule has 4 rings (SSSR count). The highest BCUT2D eigenvalue weighted by molar-refractivity contribution is 5.66. The summed E-state index contributed by atoms with van der Waals surface area (Å²) >= 11 is 0. The molecule has 1 atom stereocenters.